The highest BCUT2D eigenvalue weighted by molar-refractivity contribution is 5.82. The fourth-order valence-electron chi connectivity index (χ4n) is 4.92. The number of benzene rings is 1. The van der Waals surface area contributed by atoms with Crippen LogP contribution in [0.25, 0.3) is 0 Å². The summed E-state index contributed by atoms with van der Waals surface area (Å²) in [5, 5.41) is 22.7. The van der Waals surface area contributed by atoms with Crippen molar-refractivity contribution in [2.24, 2.45) is 23.7 Å². The van der Waals surface area contributed by atoms with Crippen molar-refractivity contribution in [2.45, 2.75) is 52.5 Å². The van der Waals surface area contributed by atoms with E-state index in [1.807, 2.05) is 6.07 Å². The molecule has 1 aliphatic heterocycles. The highest BCUT2D eigenvalue weighted by Crippen LogP contribution is 2.48. The van der Waals surface area contributed by atoms with E-state index in [0.29, 0.717) is 30.0 Å². The topological polar surface area (TPSA) is 99.1 Å². The molecular formula is C23H34N2O5. The van der Waals surface area contributed by atoms with E-state index in [0.717, 1.165) is 24.0 Å². The molecule has 1 heterocycles. The molecule has 1 saturated heterocycles. The largest absolute Gasteiger partial charge is 0.504 e. The number of aromatic hydroxyl groups is 1. The smallest absolute Gasteiger partial charge is 0.407 e. The van der Waals surface area contributed by atoms with E-state index in [2.05, 4.69) is 26.1 Å². The number of carboxylic acid groups (broad SMARTS) is 1. The van der Waals surface area contributed by atoms with Crippen molar-refractivity contribution in [1.29, 1.82) is 0 Å². The maximum Gasteiger partial charge on any atom is 0.407 e. The van der Waals surface area contributed by atoms with E-state index in [9.17, 15) is 14.7 Å². The first kappa shape index (κ1) is 22.2. The third-order valence-electron chi connectivity index (χ3n) is 6.80. The van der Waals surface area contributed by atoms with E-state index < -0.39 is 6.09 Å². The monoisotopic (exact) mass is 418 g/mol. The Morgan fingerprint density at radius 3 is 2.57 bits per heavy atom. The summed E-state index contributed by atoms with van der Waals surface area (Å²) in [6.45, 7) is 7.54. The van der Waals surface area contributed by atoms with Crippen molar-refractivity contribution in [3.8, 4) is 11.5 Å². The molecule has 7 nitrogen and oxygen atoms in total. The van der Waals surface area contributed by atoms with Gasteiger partial charge in [-0.3, -0.25) is 4.79 Å². The van der Waals surface area contributed by atoms with Gasteiger partial charge in [0.15, 0.2) is 11.5 Å². The van der Waals surface area contributed by atoms with E-state index in [1.54, 1.807) is 13.2 Å². The quantitative estimate of drug-likeness (QED) is 0.653. The highest BCUT2D eigenvalue weighted by atomic mass is 16.5. The van der Waals surface area contributed by atoms with Gasteiger partial charge in [-0.15, -0.1) is 0 Å². The van der Waals surface area contributed by atoms with Gasteiger partial charge in [0.2, 0.25) is 5.91 Å². The zero-order chi connectivity index (χ0) is 22.0. The third kappa shape index (κ3) is 4.65. The van der Waals surface area contributed by atoms with E-state index in [1.165, 1.54) is 11.3 Å². The number of methoxy groups -OCH3 is 1. The first-order valence-corrected chi connectivity index (χ1v) is 10.9. The lowest BCUT2D eigenvalue weighted by Gasteiger charge is -2.38. The second-order valence-corrected chi connectivity index (χ2v) is 9.27. The van der Waals surface area contributed by atoms with Crippen LogP contribution in [-0.2, 0) is 11.3 Å². The summed E-state index contributed by atoms with van der Waals surface area (Å²) in [4.78, 5) is 24.4. The fourth-order valence-corrected chi connectivity index (χ4v) is 4.92. The number of carbonyl (C=O) groups excluding carboxylic acids is 1. The van der Waals surface area contributed by atoms with Crippen molar-refractivity contribution in [1.82, 2.24) is 10.2 Å². The summed E-state index contributed by atoms with van der Waals surface area (Å²) < 4.78 is 5.43. The number of hydrogen-bond donors (Lipinski definition) is 3. The maximum atomic E-state index is 12.3. The van der Waals surface area contributed by atoms with Gasteiger partial charge in [0.25, 0.3) is 0 Å². The molecule has 0 unspecified atom stereocenters. The number of carbonyl (C=O) groups is 2. The molecule has 0 bridgehead atoms. The van der Waals surface area contributed by atoms with E-state index in [-0.39, 0.29) is 36.6 Å². The average molecular weight is 419 g/mol. The van der Waals surface area contributed by atoms with Crippen molar-refractivity contribution < 1.29 is 24.5 Å². The van der Waals surface area contributed by atoms with Crippen LogP contribution >= 0.6 is 0 Å². The van der Waals surface area contributed by atoms with Crippen LogP contribution in [0.1, 0.15) is 57.1 Å². The van der Waals surface area contributed by atoms with Gasteiger partial charge in [-0.05, 0) is 54.2 Å². The van der Waals surface area contributed by atoms with E-state index >= 15 is 0 Å². The number of amides is 2. The molecule has 1 saturated carbocycles. The van der Waals surface area contributed by atoms with Gasteiger partial charge < -0.3 is 25.2 Å². The Balaban J connectivity index is 1.76. The van der Waals surface area contributed by atoms with Gasteiger partial charge >= 0.3 is 6.09 Å². The number of phenolic OH excluding ortho intramolecular Hbond substituents is 1. The van der Waals surface area contributed by atoms with Gasteiger partial charge in [-0.2, -0.15) is 0 Å². The minimum atomic E-state index is -0.992. The van der Waals surface area contributed by atoms with Crippen molar-refractivity contribution in [3.63, 3.8) is 0 Å². The van der Waals surface area contributed by atoms with Crippen molar-refractivity contribution >= 4 is 12.0 Å². The highest BCUT2D eigenvalue weighted by Gasteiger charge is 2.36. The number of likely N-dealkylation sites (tertiary alicyclic amines) is 1. The van der Waals surface area contributed by atoms with Crippen LogP contribution in [0.5, 0.6) is 11.5 Å². The Hall–Kier alpha value is -2.44. The van der Waals surface area contributed by atoms with Crippen molar-refractivity contribution in [2.75, 3.05) is 20.2 Å². The molecule has 2 aliphatic rings. The summed E-state index contributed by atoms with van der Waals surface area (Å²) in [7, 11) is 1.54. The number of nitrogens with zero attached hydrogens (tertiary/aromatic N) is 1. The predicted molar refractivity (Wildman–Crippen MR) is 114 cm³/mol. The molecule has 30 heavy (non-hydrogen) atoms. The molecule has 1 aromatic carbocycles. The molecule has 3 rings (SSSR count). The molecule has 2 amide bonds. The molecule has 3 N–H and O–H groups in total. The number of nitrogens with one attached hydrogen (secondary N) is 1. The summed E-state index contributed by atoms with van der Waals surface area (Å²) in [6, 6.07) is 3.76. The Morgan fingerprint density at radius 2 is 1.97 bits per heavy atom. The Morgan fingerprint density at radius 1 is 1.27 bits per heavy atom. The zero-order valence-corrected chi connectivity index (χ0v) is 18.4. The summed E-state index contributed by atoms with van der Waals surface area (Å²) in [5.41, 5.74) is 1.78. The van der Waals surface area contributed by atoms with Crippen LogP contribution in [0.15, 0.2) is 12.1 Å². The van der Waals surface area contributed by atoms with Crippen LogP contribution in [0.4, 0.5) is 4.79 Å². The molecule has 7 heteroatoms. The van der Waals surface area contributed by atoms with Gasteiger partial charge in [0.1, 0.15) is 0 Å². The first-order chi connectivity index (χ1) is 14.2. The molecule has 1 aromatic rings. The molecule has 2 fully saturated rings. The zero-order valence-electron chi connectivity index (χ0n) is 18.4. The molecule has 0 aromatic heterocycles. The van der Waals surface area contributed by atoms with Gasteiger partial charge in [-0.1, -0.05) is 27.2 Å². The molecule has 1 aliphatic carbocycles. The van der Waals surface area contributed by atoms with Gasteiger partial charge in [0, 0.05) is 25.2 Å². The van der Waals surface area contributed by atoms with Gasteiger partial charge in [0.05, 0.1) is 13.0 Å². The van der Waals surface area contributed by atoms with Crippen LogP contribution in [0, 0.1) is 23.7 Å². The lowest BCUT2D eigenvalue weighted by Crippen LogP contribution is -2.55. The Bertz CT molecular complexity index is 788. The third-order valence-corrected chi connectivity index (χ3v) is 6.80. The lowest BCUT2D eigenvalue weighted by atomic mass is 9.67. The van der Waals surface area contributed by atoms with Gasteiger partial charge in [-0.25, -0.2) is 4.79 Å². The molecular weight excluding hydrogens is 384 g/mol. The SMILES string of the molecule is COc1cc(CNC(=O)C2CN(C(=O)O)C2)cc([C@H]2C[C@H](C)CC[C@H]2C(C)C)c1O. The molecule has 3 atom stereocenters. The number of rotatable bonds is 6. The Kier molecular flexibility index (Phi) is 6.78. The number of hydrogen-bond acceptors (Lipinski definition) is 4. The molecule has 166 valence electrons. The first-order valence-electron chi connectivity index (χ1n) is 10.9. The lowest BCUT2D eigenvalue weighted by molar-refractivity contribution is -0.129. The molecule has 0 spiro atoms. The number of phenols is 1. The van der Waals surface area contributed by atoms with E-state index in [4.69, 9.17) is 9.84 Å². The predicted octanol–water partition coefficient (Wildman–Crippen LogP) is 3.80. The fraction of sp³-hybridized carbons (Fsp3) is 0.652. The number of ether oxygens (including phenoxy) is 1. The standard InChI is InChI=1S/C23H34N2O5/c1-13(2)17-6-5-14(3)7-18(17)19-8-15(9-20(30-4)21(19)26)10-24-22(27)16-11-25(12-16)23(28)29/h8-9,13-14,16-18,26H,5-7,10-12H2,1-4H3,(H,24,27)(H,28,29)/t14-,17+,18+/m1/s1. The maximum absolute atomic E-state index is 12.3. The minimum Gasteiger partial charge on any atom is -0.504 e. The van der Waals surface area contributed by atoms with Crippen LogP contribution in [-0.4, -0.2) is 47.3 Å². The van der Waals surface area contributed by atoms with Crippen LogP contribution in [0.3, 0.4) is 0 Å². The second kappa shape index (κ2) is 9.14. The average Bonchev–Trinajstić information content (AvgIpc) is 2.65. The Labute approximate surface area is 178 Å². The summed E-state index contributed by atoms with van der Waals surface area (Å²) in [6.07, 6.45) is 2.39. The van der Waals surface area contributed by atoms with Crippen LogP contribution in [0.2, 0.25) is 0 Å². The minimum absolute atomic E-state index is 0.146. The second-order valence-electron chi connectivity index (χ2n) is 9.27. The molecule has 0 radical (unpaired) electrons. The van der Waals surface area contributed by atoms with Crippen LogP contribution < -0.4 is 10.1 Å². The normalized spacial score (nSPS) is 24.4. The van der Waals surface area contributed by atoms with Crippen molar-refractivity contribution in [3.05, 3.63) is 23.3 Å². The summed E-state index contributed by atoms with van der Waals surface area (Å²) >= 11 is 0. The summed E-state index contributed by atoms with van der Waals surface area (Å²) in [5.74, 6) is 2.07.